The van der Waals surface area contributed by atoms with Gasteiger partial charge < -0.3 is 4.74 Å². The lowest BCUT2D eigenvalue weighted by Gasteiger charge is -2.08. The van der Waals surface area contributed by atoms with Gasteiger partial charge in [0.15, 0.2) is 0 Å². The van der Waals surface area contributed by atoms with E-state index in [2.05, 4.69) is 30.9 Å². The first kappa shape index (κ1) is 14.6. The van der Waals surface area contributed by atoms with Crippen molar-refractivity contribution in [2.75, 3.05) is 6.61 Å². The van der Waals surface area contributed by atoms with Crippen molar-refractivity contribution in [3.8, 4) is 11.4 Å². The molecule has 2 aromatic heterocycles. The highest BCUT2D eigenvalue weighted by Crippen LogP contribution is 2.27. The minimum atomic E-state index is -0.538. The molecule has 0 aliphatic heterocycles. The molecule has 110 valence electrons. The first-order chi connectivity index (χ1) is 10.7. The Bertz CT molecular complexity index is 837. The predicted octanol–water partition coefficient (Wildman–Crippen LogP) is 3.63. The van der Waals surface area contributed by atoms with E-state index < -0.39 is 5.97 Å². The van der Waals surface area contributed by atoms with Crippen LogP contribution < -0.4 is 0 Å². The third-order valence-corrected chi connectivity index (χ3v) is 3.52. The van der Waals surface area contributed by atoms with E-state index in [1.54, 1.807) is 13.1 Å². The second kappa shape index (κ2) is 6.19. The van der Waals surface area contributed by atoms with Gasteiger partial charge in [0.05, 0.1) is 17.8 Å². The number of pyridine rings is 1. The lowest BCUT2D eigenvalue weighted by Crippen LogP contribution is -2.11. The summed E-state index contributed by atoms with van der Waals surface area (Å²) in [5, 5.41) is 0.820. The van der Waals surface area contributed by atoms with Crippen molar-refractivity contribution in [1.82, 2.24) is 15.0 Å². The van der Waals surface area contributed by atoms with Crippen molar-refractivity contribution < 1.29 is 9.53 Å². The predicted molar refractivity (Wildman–Crippen MR) is 86.4 cm³/mol. The lowest BCUT2D eigenvalue weighted by molar-refractivity contribution is 0.0512. The van der Waals surface area contributed by atoms with Crippen molar-refractivity contribution in [3.05, 3.63) is 52.9 Å². The minimum absolute atomic E-state index is 0.0392. The second-order valence-electron chi connectivity index (χ2n) is 4.49. The first-order valence-electron chi connectivity index (χ1n) is 6.75. The Hall–Kier alpha value is -2.34. The van der Waals surface area contributed by atoms with Crippen LogP contribution in [0.5, 0.6) is 0 Å². The van der Waals surface area contributed by atoms with Gasteiger partial charge >= 0.3 is 5.97 Å². The summed E-state index contributed by atoms with van der Waals surface area (Å²) in [5.41, 5.74) is 1.95. The zero-order valence-electron chi connectivity index (χ0n) is 11.8. The van der Waals surface area contributed by atoms with Crippen LogP contribution in [-0.4, -0.2) is 27.5 Å². The fraction of sp³-hybridized carbons (Fsp3) is 0.125. The first-order valence-corrected chi connectivity index (χ1v) is 7.54. The van der Waals surface area contributed by atoms with E-state index in [1.807, 2.05) is 36.4 Å². The highest BCUT2D eigenvalue weighted by molar-refractivity contribution is 9.10. The molecule has 3 aromatic rings. The zero-order chi connectivity index (χ0) is 15.5. The van der Waals surface area contributed by atoms with E-state index in [4.69, 9.17) is 4.74 Å². The number of carbonyl (C=O) groups excluding carboxylic acids is 1. The number of fused-ring (bicyclic) bond motifs is 1. The van der Waals surface area contributed by atoms with Crippen LogP contribution in [0.3, 0.4) is 0 Å². The molecule has 0 spiro atoms. The van der Waals surface area contributed by atoms with Crippen LogP contribution >= 0.6 is 15.9 Å². The Morgan fingerprint density at radius 1 is 1.23 bits per heavy atom. The van der Waals surface area contributed by atoms with Crippen molar-refractivity contribution in [3.63, 3.8) is 0 Å². The van der Waals surface area contributed by atoms with Crippen molar-refractivity contribution in [2.24, 2.45) is 0 Å². The number of hydrogen-bond acceptors (Lipinski definition) is 5. The number of carbonyl (C=O) groups is 1. The quantitative estimate of drug-likeness (QED) is 0.669. The second-order valence-corrected chi connectivity index (χ2v) is 5.41. The summed E-state index contributed by atoms with van der Waals surface area (Å²) in [7, 11) is 0. The summed E-state index contributed by atoms with van der Waals surface area (Å²) in [6.45, 7) is 2.02. The Morgan fingerprint density at radius 2 is 2.09 bits per heavy atom. The standard InChI is InChI=1S/C16H12BrN3O2/c1-2-22-16(21)15-19-12-7-6-10(17)9-11(12)14(20-15)13-5-3-4-8-18-13/h3-9H,2H2,1H3. The lowest BCUT2D eigenvalue weighted by atomic mass is 10.1. The average Bonchev–Trinajstić information content (AvgIpc) is 2.55. The summed E-state index contributed by atoms with van der Waals surface area (Å²) < 4.78 is 5.90. The van der Waals surface area contributed by atoms with E-state index in [0.29, 0.717) is 16.9 Å². The summed E-state index contributed by atoms with van der Waals surface area (Å²) in [4.78, 5) is 24.9. The van der Waals surface area contributed by atoms with Crippen LogP contribution in [0.1, 0.15) is 17.5 Å². The number of ether oxygens (including phenoxy) is 1. The van der Waals surface area contributed by atoms with Gasteiger partial charge in [0.25, 0.3) is 0 Å². The Balaban J connectivity index is 2.26. The van der Waals surface area contributed by atoms with Crippen molar-refractivity contribution >= 4 is 32.8 Å². The average molecular weight is 358 g/mol. The molecule has 0 radical (unpaired) electrons. The maximum Gasteiger partial charge on any atom is 0.376 e. The largest absolute Gasteiger partial charge is 0.460 e. The molecule has 0 N–H and O–H groups in total. The van der Waals surface area contributed by atoms with Gasteiger partial charge in [0.2, 0.25) is 5.82 Å². The van der Waals surface area contributed by atoms with Crippen molar-refractivity contribution in [2.45, 2.75) is 6.92 Å². The molecule has 6 heteroatoms. The molecule has 0 atom stereocenters. The molecular formula is C16H12BrN3O2. The highest BCUT2D eigenvalue weighted by Gasteiger charge is 2.16. The number of hydrogen-bond donors (Lipinski definition) is 0. The molecule has 2 heterocycles. The number of halogens is 1. The summed E-state index contributed by atoms with van der Waals surface area (Å²) >= 11 is 3.44. The maximum atomic E-state index is 12.0. The number of nitrogens with zero attached hydrogens (tertiary/aromatic N) is 3. The van der Waals surface area contributed by atoms with Crippen LogP contribution in [0.15, 0.2) is 47.1 Å². The van der Waals surface area contributed by atoms with Gasteiger partial charge in [-0.3, -0.25) is 4.98 Å². The number of rotatable bonds is 3. The molecule has 3 rings (SSSR count). The fourth-order valence-electron chi connectivity index (χ4n) is 2.09. The molecule has 5 nitrogen and oxygen atoms in total. The molecule has 1 aromatic carbocycles. The third-order valence-electron chi connectivity index (χ3n) is 3.02. The fourth-order valence-corrected chi connectivity index (χ4v) is 2.45. The molecular weight excluding hydrogens is 346 g/mol. The van der Waals surface area contributed by atoms with Crippen LogP contribution in [0.4, 0.5) is 0 Å². The summed E-state index contributed by atoms with van der Waals surface area (Å²) in [5.74, 6) is -0.498. The van der Waals surface area contributed by atoms with E-state index >= 15 is 0 Å². The summed E-state index contributed by atoms with van der Waals surface area (Å²) in [6.07, 6.45) is 1.69. The van der Waals surface area contributed by atoms with Gasteiger partial charge in [0.1, 0.15) is 5.69 Å². The van der Waals surface area contributed by atoms with Gasteiger partial charge in [-0.15, -0.1) is 0 Å². The van der Waals surface area contributed by atoms with Crippen LogP contribution in [0.25, 0.3) is 22.3 Å². The van der Waals surface area contributed by atoms with Crippen molar-refractivity contribution in [1.29, 1.82) is 0 Å². The molecule has 0 saturated heterocycles. The molecule has 0 bridgehead atoms. The van der Waals surface area contributed by atoms with Gasteiger partial charge in [-0.05, 0) is 37.3 Å². The number of esters is 1. The Morgan fingerprint density at radius 3 is 2.82 bits per heavy atom. The Labute approximate surface area is 135 Å². The molecule has 0 aliphatic carbocycles. The van der Waals surface area contributed by atoms with Gasteiger partial charge in [-0.1, -0.05) is 22.0 Å². The van der Waals surface area contributed by atoms with Gasteiger partial charge in [0, 0.05) is 16.1 Å². The van der Waals surface area contributed by atoms with E-state index in [-0.39, 0.29) is 12.4 Å². The SMILES string of the molecule is CCOC(=O)c1nc(-c2ccccn2)c2cc(Br)ccc2n1. The van der Waals surface area contributed by atoms with E-state index in [0.717, 1.165) is 9.86 Å². The number of benzene rings is 1. The van der Waals surface area contributed by atoms with E-state index in [1.165, 1.54) is 0 Å². The number of aromatic nitrogens is 3. The highest BCUT2D eigenvalue weighted by atomic mass is 79.9. The monoisotopic (exact) mass is 357 g/mol. The molecule has 22 heavy (non-hydrogen) atoms. The topological polar surface area (TPSA) is 65.0 Å². The third kappa shape index (κ3) is 2.82. The van der Waals surface area contributed by atoms with Gasteiger partial charge in [-0.2, -0.15) is 0 Å². The molecule has 0 amide bonds. The molecule has 0 unspecified atom stereocenters. The van der Waals surface area contributed by atoms with Crippen LogP contribution in [0, 0.1) is 0 Å². The molecule has 0 saturated carbocycles. The minimum Gasteiger partial charge on any atom is -0.460 e. The smallest absolute Gasteiger partial charge is 0.376 e. The molecule has 0 aliphatic rings. The zero-order valence-corrected chi connectivity index (χ0v) is 13.4. The van der Waals surface area contributed by atoms with Crippen LogP contribution in [0.2, 0.25) is 0 Å². The van der Waals surface area contributed by atoms with Crippen LogP contribution in [-0.2, 0) is 4.74 Å². The summed E-state index contributed by atoms with van der Waals surface area (Å²) in [6, 6.07) is 11.2. The normalized spacial score (nSPS) is 10.6. The Kier molecular flexibility index (Phi) is 4.11. The van der Waals surface area contributed by atoms with E-state index in [9.17, 15) is 4.79 Å². The maximum absolute atomic E-state index is 12.0. The van der Waals surface area contributed by atoms with Gasteiger partial charge in [-0.25, -0.2) is 14.8 Å². The molecule has 0 fully saturated rings.